The Hall–Kier alpha value is -2.57. The highest BCUT2D eigenvalue weighted by atomic mass is 16.2. The van der Waals surface area contributed by atoms with Gasteiger partial charge in [0, 0.05) is 37.6 Å². The van der Waals surface area contributed by atoms with E-state index in [4.69, 9.17) is 0 Å². The predicted molar refractivity (Wildman–Crippen MR) is 94.5 cm³/mol. The summed E-state index contributed by atoms with van der Waals surface area (Å²) in [7, 11) is 1.89. The number of rotatable bonds is 5. The van der Waals surface area contributed by atoms with Gasteiger partial charge in [-0.3, -0.25) is 14.3 Å². The summed E-state index contributed by atoms with van der Waals surface area (Å²) in [5, 5.41) is 7.42. The number of aromatic nitrogens is 3. The van der Waals surface area contributed by atoms with Crippen molar-refractivity contribution in [2.75, 3.05) is 0 Å². The molecular weight excluding hydrogens is 330 g/mol. The van der Waals surface area contributed by atoms with Gasteiger partial charge in [0.25, 0.3) is 5.91 Å². The van der Waals surface area contributed by atoms with Crippen molar-refractivity contribution in [2.45, 2.75) is 56.1 Å². The molecule has 0 bridgehead atoms. The molecule has 3 heterocycles. The second kappa shape index (κ2) is 5.72. The Labute approximate surface area is 151 Å². The number of H-pyrrole nitrogens is 1. The lowest BCUT2D eigenvalue weighted by Gasteiger charge is -2.28. The number of carbonyl (C=O) groups excluding carboxylic acids is 2. The number of hydrogen-bond acceptors (Lipinski definition) is 3. The Bertz CT molecular complexity index is 861. The molecule has 0 spiro atoms. The lowest BCUT2D eigenvalue weighted by Crippen LogP contribution is -2.41. The summed E-state index contributed by atoms with van der Waals surface area (Å²) in [5.41, 5.74) is 2.72. The van der Waals surface area contributed by atoms with Crippen molar-refractivity contribution in [2.24, 2.45) is 7.05 Å². The van der Waals surface area contributed by atoms with E-state index in [1.165, 1.54) is 0 Å². The first-order valence-electron chi connectivity index (χ1n) is 9.40. The fourth-order valence-corrected chi connectivity index (χ4v) is 4.23. The molecule has 136 valence electrons. The van der Waals surface area contributed by atoms with Crippen LogP contribution in [0.2, 0.25) is 0 Å². The number of aryl methyl sites for hydroxylation is 1. The van der Waals surface area contributed by atoms with Gasteiger partial charge in [-0.2, -0.15) is 5.10 Å². The van der Waals surface area contributed by atoms with Crippen LogP contribution in [-0.4, -0.2) is 43.6 Å². The van der Waals surface area contributed by atoms with E-state index < -0.39 is 0 Å². The molecule has 26 heavy (non-hydrogen) atoms. The fraction of sp³-hybridized carbons (Fsp3) is 0.526. The van der Waals surface area contributed by atoms with E-state index in [-0.39, 0.29) is 23.9 Å². The van der Waals surface area contributed by atoms with Crippen molar-refractivity contribution in [1.29, 1.82) is 0 Å². The third-order valence-corrected chi connectivity index (χ3v) is 5.79. The lowest BCUT2D eigenvalue weighted by molar-refractivity contribution is -0.129. The predicted octanol–water partition coefficient (Wildman–Crippen LogP) is 1.86. The minimum absolute atomic E-state index is 0.0873. The Morgan fingerprint density at radius 1 is 1.27 bits per heavy atom. The van der Waals surface area contributed by atoms with Crippen molar-refractivity contribution in [1.82, 2.24) is 25.0 Å². The van der Waals surface area contributed by atoms with Crippen LogP contribution in [0.15, 0.2) is 24.5 Å². The Morgan fingerprint density at radius 2 is 2.08 bits per heavy atom. The van der Waals surface area contributed by atoms with E-state index in [2.05, 4.69) is 15.4 Å². The molecule has 2 atom stereocenters. The number of carbonyl (C=O) groups is 2. The summed E-state index contributed by atoms with van der Waals surface area (Å²) in [6.45, 7) is 0. The minimum Gasteiger partial charge on any atom is -0.364 e. The molecule has 7 nitrogen and oxygen atoms in total. The molecule has 0 aromatic carbocycles. The molecule has 2 amide bonds. The van der Waals surface area contributed by atoms with Crippen LogP contribution in [0, 0.1) is 0 Å². The molecular formula is C19H23N5O2. The van der Waals surface area contributed by atoms with Gasteiger partial charge in [0.1, 0.15) is 0 Å². The van der Waals surface area contributed by atoms with Crippen LogP contribution >= 0.6 is 0 Å². The summed E-state index contributed by atoms with van der Waals surface area (Å²) in [5.74, 6) is 0.517. The molecule has 2 saturated carbocycles. The average molecular weight is 353 g/mol. The van der Waals surface area contributed by atoms with Crippen LogP contribution in [0.3, 0.4) is 0 Å². The van der Waals surface area contributed by atoms with Gasteiger partial charge in [0.15, 0.2) is 0 Å². The van der Waals surface area contributed by atoms with Gasteiger partial charge in [-0.1, -0.05) is 0 Å². The summed E-state index contributed by atoms with van der Waals surface area (Å²) < 4.78 is 1.81. The third-order valence-electron chi connectivity index (χ3n) is 5.79. The zero-order chi connectivity index (χ0) is 17.8. The van der Waals surface area contributed by atoms with E-state index in [1.807, 2.05) is 35.0 Å². The normalized spacial score (nSPS) is 25.7. The number of nitrogens with one attached hydrogen (secondary N) is 2. The SMILES string of the molecule is Cn1nccc1[C@H]1[C@H](NC(=O)c2cc[nH]c2C2CC2)CC(=O)N1C1CC1. The van der Waals surface area contributed by atoms with E-state index >= 15 is 0 Å². The fourth-order valence-electron chi connectivity index (χ4n) is 4.23. The first kappa shape index (κ1) is 15.7. The largest absolute Gasteiger partial charge is 0.364 e. The molecule has 0 radical (unpaired) electrons. The van der Waals surface area contributed by atoms with Gasteiger partial charge in [-0.25, -0.2) is 0 Å². The number of hydrogen-bond donors (Lipinski definition) is 2. The first-order chi connectivity index (χ1) is 12.6. The Kier molecular flexibility index (Phi) is 3.45. The van der Waals surface area contributed by atoms with E-state index in [1.54, 1.807) is 6.20 Å². The van der Waals surface area contributed by atoms with Crippen LogP contribution < -0.4 is 5.32 Å². The van der Waals surface area contributed by atoms with Crippen LogP contribution in [0.4, 0.5) is 0 Å². The minimum atomic E-state index is -0.229. The molecule has 2 N–H and O–H groups in total. The van der Waals surface area contributed by atoms with Gasteiger partial charge in [0.2, 0.25) is 5.91 Å². The van der Waals surface area contributed by atoms with Crippen molar-refractivity contribution in [3.8, 4) is 0 Å². The molecule has 2 aliphatic carbocycles. The zero-order valence-electron chi connectivity index (χ0n) is 14.8. The maximum atomic E-state index is 12.9. The number of nitrogens with zero attached hydrogens (tertiary/aromatic N) is 3. The highest BCUT2D eigenvalue weighted by Crippen LogP contribution is 2.43. The van der Waals surface area contributed by atoms with Crippen molar-refractivity contribution in [3.05, 3.63) is 41.5 Å². The zero-order valence-corrected chi connectivity index (χ0v) is 14.8. The highest BCUT2D eigenvalue weighted by molar-refractivity contribution is 5.96. The lowest BCUT2D eigenvalue weighted by atomic mass is 10.0. The number of likely N-dealkylation sites (tertiary alicyclic amines) is 1. The van der Waals surface area contributed by atoms with E-state index in [9.17, 15) is 9.59 Å². The summed E-state index contributed by atoms with van der Waals surface area (Å²) in [6.07, 6.45) is 8.29. The molecule has 2 aromatic rings. The standard InChI is InChI=1S/C19H23N5O2/c1-23-15(7-9-21-23)18-14(10-16(25)24(18)12-4-5-12)22-19(26)13-6-8-20-17(13)11-2-3-11/h6-9,11-12,14,18,20H,2-5,10H2,1H3,(H,22,26)/t14-,18-/m1/s1. The van der Waals surface area contributed by atoms with Crippen LogP contribution in [0.5, 0.6) is 0 Å². The van der Waals surface area contributed by atoms with Gasteiger partial charge in [-0.05, 0) is 43.7 Å². The summed E-state index contributed by atoms with van der Waals surface area (Å²) >= 11 is 0. The first-order valence-corrected chi connectivity index (χ1v) is 9.40. The smallest absolute Gasteiger partial charge is 0.253 e. The average Bonchev–Trinajstić information content (AvgIpc) is 3.52. The van der Waals surface area contributed by atoms with E-state index in [0.29, 0.717) is 23.9 Å². The monoisotopic (exact) mass is 353 g/mol. The maximum absolute atomic E-state index is 12.9. The summed E-state index contributed by atoms with van der Waals surface area (Å²) in [4.78, 5) is 30.8. The topological polar surface area (TPSA) is 83.0 Å². The molecule has 3 fully saturated rings. The molecule has 7 heteroatoms. The third kappa shape index (κ3) is 2.53. The second-order valence-corrected chi connectivity index (χ2v) is 7.72. The van der Waals surface area contributed by atoms with Gasteiger partial charge >= 0.3 is 0 Å². The van der Waals surface area contributed by atoms with Gasteiger partial charge in [-0.15, -0.1) is 0 Å². The highest BCUT2D eigenvalue weighted by Gasteiger charge is 2.48. The Morgan fingerprint density at radius 3 is 2.73 bits per heavy atom. The molecule has 3 aliphatic rings. The van der Waals surface area contributed by atoms with Crippen LogP contribution in [0.1, 0.15) is 65.8 Å². The van der Waals surface area contributed by atoms with Crippen LogP contribution in [0.25, 0.3) is 0 Å². The molecule has 5 rings (SSSR count). The molecule has 2 aromatic heterocycles. The maximum Gasteiger partial charge on any atom is 0.253 e. The Balaban J connectivity index is 1.43. The molecule has 1 aliphatic heterocycles. The quantitative estimate of drug-likeness (QED) is 0.861. The van der Waals surface area contributed by atoms with Gasteiger partial charge in [0.05, 0.1) is 23.3 Å². The van der Waals surface area contributed by atoms with Crippen molar-refractivity contribution >= 4 is 11.8 Å². The van der Waals surface area contributed by atoms with Crippen molar-refractivity contribution < 1.29 is 9.59 Å². The molecule has 0 unspecified atom stereocenters. The second-order valence-electron chi connectivity index (χ2n) is 7.72. The van der Waals surface area contributed by atoms with Crippen molar-refractivity contribution in [3.63, 3.8) is 0 Å². The number of amides is 2. The number of aromatic amines is 1. The summed E-state index contributed by atoms with van der Waals surface area (Å²) in [6, 6.07) is 3.72. The van der Waals surface area contributed by atoms with Gasteiger partial charge < -0.3 is 15.2 Å². The molecule has 1 saturated heterocycles. The van der Waals surface area contributed by atoms with E-state index in [0.717, 1.165) is 37.1 Å². The van der Waals surface area contributed by atoms with Crippen LogP contribution in [-0.2, 0) is 11.8 Å².